The molecule has 1 aliphatic rings. The van der Waals surface area contributed by atoms with E-state index in [4.69, 9.17) is 4.98 Å². The van der Waals surface area contributed by atoms with Gasteiger partial charge in [0.1, 0.15) is 5.82 Å². The Morgan fingerprint density at radius 1 is 1.04 bits per heavy atom. The highest BCUT2D eigenvalue weighted by atomic mass is 15.3. The fraction of sp³-hybridized carbons (Fsp3) is 0.556. The molecule has 0 aliphatic carbocycles. The molecule has 134 valence electrons. The van der Waals surface area contributed by atoms with E-state index in [2.05, 4.69) is 50.0 Å². The van der Waals surface area contributed by atoms with Crippen LogP contribution in [0.2, 0.25) is 0 Å². The standard InChI is InChI=1S/C18H27N7/c1-14(2)5-8-19-17-22-15(3)13-16(23-17)24-9-11-25(12-10-24)18-20-6-4-7-21-18/h4,6-7,13-14H,5,8-12H2,1-3H3,(H,19,22,23). The van der Waals surface area contributed by atoms with Gasteiger partial charge in [0, 0.05) is 56.9 Å². The maximum absolute atomic E-state index is 4.71. The van der Waals surface area contributed by atoms with Crippen LogP contribution in [0.1, 0.15) is 26.0 Å². The van der Waals surface area contributed by atoms with E-state index in [1.807, 2.05) is 13.0 Å². The first kappa shape index (κ1) is 17.4. The van der Waals surface area contributed by atoms with Gasteiger partial charge in [0.2, 0.25) is 11.9 Å². The summed E-state index contributed by atoms with van der Waals surface area (Å²) in [6.07, 6.45) is 4.69. The minimum atomic E-state index is 0.671. The van der Waals surface area contributed by atoms with Crippen LogP contribution in [-0.4, -0.2) is 52.7 Å². The summed E-state index contributed by atoms with van der Waals surface area (Å²) in [6, 6.07) is 3.90. The Morgan fingerprint density at radius 2 is 1.72 bits per heavy atom. The second-order valence-corrected chi connectivity index (χ2v) is 6.82. The highest BCUT2D eigenvalue weighted by Gasteiger charge is 2.20. The van der Waals surface area contributed by atoms with Gasteiger partial charge in [-0.3, -0.25) is 0 Å². The lowest BCUT2D eigenvalue weighted by atomic mass is 10.1. The summed E-state index contributed by atoms with van der Waals surface area (Å²) in [7, 11) is 0. The average Bonchev–Trinajstić information content (AvgIpc) is 2.62. The third-order valence-electron chi connectivity index (χ3n) is 4.28. The molecule has 2 aromatic heterocycles. The minimum absolute atomic E-state index is 0.671. The second-order valence-electron chi connectivity index (χ2n) is 6.82. The molecule has 0 unspecified atom stereocenters. The lowest BCUT2D eigenvalue weighted by Gasteiger charge is -2.35. The Morgan fingerprint density at radius 3 is 2.40 bits per heavy atom. The molecule has 1 fully saturated rings. The smallest absolute Gasteiger partial charge is 0.225 e. The zero-order valence-electron chi connectivity index (χ0n) is 15.3. The van der Waals surface area contributed by atoms with Crippen molar-refractivity contribution < 1.29 is 0 Å². The van der Waals surface area contributed by atoms with Crippen molar-refractivity contribution in [2.45, 2.75) is 27.2 Å². The zero-order chi connectivity index (χ0) is 17.6. The summed E-state index contributed by atoms with van der Waals surface area (Å²) in [6.45, 7) is 11.0. The van der Waals surface area contributed by atoms with E-state index in [1.165, 1.54) is 0 Å². The lowest BCUT2D eigenvalue weighted by Crippen LogP contribution is -2.47. The van der Waals surface area contributed by atoms with Gasteiger partial charge >= 0.3 is 0 Å². The van der Waals surface area contributed by atoms with Crippen molar-refractivity contribution in [1.29, 1.82) is 0 Å². The number of hydrogen-bond donors (Lipinski definition) is 1. The summed E-state index contributed by atoms with van der Waals surface area (Å²) in [5.74, 6) is 3.19. The molecular weight excluding hydrogens is 314 g/mol. The first-order valence-corrected chi connectivity index (χ1v) is 8.98. The summed E-state index contributed by atoms with van der Waals surface area (Å²) >= 11 is 0. The van der Waals surface area contributed by atoms with Gasteiger partial charge in [0.05, 0.1) is 0 Å². The molecule has 7 heteroatoms. The SMILES string of the molecule is Cc1cc(N2CCN(c3ncccn3)CC2)nc(NCCC(C)C)n1. The molecule has 0 amide bonds. The molecule has 0 atom stereocenters. The van der Waals surface area contributed by atoms with E-state index >= 15 is 0 Å². The summed E-state index contributed by atoms with van der Waals surface area (Å²) in [5, 5.41) is 3.35. The molecule has 0 spiro atoms. The Labute approximate surface area is 149 Å². The Hall–Kier alpha value is -2.44. The maximum atomic E-state index is 4.71. The van der Waals surface area contributed by atoms with Gasteiger partial charge in [0.15, 0.2) is 0 Å². The van der Waals surface area contributed by atoms with E-state index in [0.29, 0.717) is 5.92 Å². The van der Waals surface area contributed by atoms with Crippen LogP contribution in [0, 0.1) is 12.8 Å². The van der Waals surface area contributed by atoms with Crippen molar-refractivity contribution in [3.05, 3.63) is 30.2 Å². The first-order chi connectivity index (χ1) is 12.1. The molecule has 3 heterocycles. The number of aryl methyl sites for hydroxylation is 1. The molecule has 0 radical (unpaired) electrons. The van der Waals surface area contributed by atoms with Gasteiger partial charge < -0.3 is 15.1 Å². The van der Waals surface area contributed by atoms with Crippen LogP contribution in [0.25, 0.3) is 0 Å². The van der Waals surface area contributed by atoms with E-state index < -0.39 is 0 Å². The summed E-state index contributed by atoms with van der Waals surface area (Å²) in [4.78, 5) is 22.4. The molecule has 25 heavy (non-hydrogen) atoms. The monoisotopic (exact) mass is 341 g/mol. The molecule has 1 N–H and O–H groups in total. The van der Waals surface area contributed by atoms with Crippen LogP contribution in [0.5, 0.6) is 0 Å². The predicted molar refractivity (Wildman–Crippen MR) is 101 cm³/mol. The highest BCUT2D eigenvalue weighted by Crippen LogP contribution is 2.18. The Kier molecular flexibility index (Phi) is 5.63. The third kappa shape index (κ3) is 4.78. The van der Waals surface area contributed by atoms with Crippen molar-refractivity contribution in [2.24, 2.45) is 5.92 Å². The maximum Gasteiger partial charge on any atom is 0.225 e. The van der Waals surface area contributed by atoms with Crippen LogP contribution in [-0.2, 0) is 0 Å². The molecule has 2 aromatic rings. The first-order valence-electron chi connectivity index (χ1n) is 8.98. The van der Waals surface area contributed by atoms with Crippen molar-refractivity contribution in [3.63, 3.8) is 0 Å². The number of rotatable bonds is 6. The van der Waals surface area contributed by atoms with Gasteiger partial charge in [-0.1, -0.05) is 13.8 Å². The van der Waals surface area contributed by atoms with Gasteiger partial charge in [-0.25, -0.2) is 15.0 Å². The van der Waals surface area contributed by atoms with E-state index in [9.17, 15) is 0 Å². The van der Waals surface area contributed by atoms with Gasteiger partial charge in [-0.2, -0.15) is 4.98 Å². The average molecular weight is 341 g/mol. The van der Waals surface area contributed by atoms with Crippen LogP contribution in [0.3, 0.4) is 0 Å². The lowest BCUT2D eigenvalue weighted by molar-refractivity contribution is 0.605. The van der Waals surface area contributed by atoms with E-state index in [-0.39, 0.29) is 0 Å². The molecule has 1 saturated heterocycles. The number of nitrogens with one attached hydrogen (secondary N) is 1. The quantitative estimate of drug-likeness (QED) is 0.865. The van der Waals surface area contributed by atoms with Crippen molar-refractivity contribution in [1.82, 2.24) is 19.9 Å². The topological polar surface area (TPSA) is 70.1 Å². The minimum Gasteiger partial charge on any atom is -0.354 e. The normalized spacial score (nSPS) is 14.9. The number of aromatic nitrogens is 4. The van der Waals surface area contributed by atoms with Crippen molar-refractivity contribution in [2.75, 3.05) is 47.8 Å². The molecule has 1 aliphatic heterocycles. The second kappa shape index (κ2) is 8.09. The molecule has 0 bridgehead atoms. The molecule has 0 saturated carbocycles. The third-order valence-corrected chi connectivity index (χ3v) is 4.28. The largest absolute Gasteiger partial charge is 0.354 e. The Bertz CT molecular complexity index is 666. The molecule has 7 nitrogen and oxygen atoms in total. The van der Waals surface area contributed by atoms with Gasteiger partial charge in [0.25, 0.3) is 0 Å². The molecule has 3 rings (SSSR count). The van der Waals surface area contributed by atoms with Crippen LogP contribution < -0.4 is 15.1 Å². The summed E-state index contributed by atoms with van der Waals surface area (Å²) < 4.78 is 0. The number of piperazine rings is 1. The van der Waals surface area contributed by atoms with Crippen LogP contribution in [0.15, 0.2) is 24.5 Å². The number of nitrogens with zero attached hydrogens (tertiary/aromatic N) is 6. The van der Waals surface area contributed by atoms with Gasteiger partial charge in [-0.05, 0) is 25.3 Å². The zero-order valence-corrected chi connectivity index (χ0v) is 15.3. The van der Waals surface area contributed by atoms with Crippen molar-refractivity contribution in [3.8, 4) is 0 Å². The van der Waals surface area contributed by atoms with E-state index in [0.717, 1.165) is 62.6 Å². The van der Waals surface area contributed by atoms with Crippen LogP contribution >= 0.6 is 0 Å². The fourth-order valence-electron chi connectivity index (χ4n) is 2.86. The summed E-state index contributed by atoms with van der Waals surface area (Å²) in [5.41, 5.74) is 0.992. The molecule has 0 aromatic carbocycles. The van der Waals surface area contributed by atoms with Crippen LogP contribution in [0.4, 0.5) is 17.7 Å². The number of anilines is 3. The fourth-order valence-corrected chi connectivity index (χ4v) is 2.86. The van der Waals surface area contributed by atoms with E-state index in [1.54, 1.807) is 12.4 Å². The predicted octanol–water partition coefficient (Wildman–Crippen LogP) is 2.36. The number of hydrogen-bond acceptors (Lipinski definition) is 7. The Balaban J connectivity index is 1.61. The van der Waals surface area contributed by atoms with Crippen molar-refractivity contribution >= 4 is 17.7 Å². The van der Waals surface area contributed by atoms with Gasteiger partial charge in [-0.15, -0.1) is 0 Å². The molecular formula is C18H27N7. The highest BCUT2D eigenvalue weighted by molar-refractivity contribution is 5.46.